The third-order valence-corrected chi connectivity index (χ3v) is 4.93. The van der Waals surface area contributed by atoms with Crippen molar-refractivity contribution in [3.8, 4) is 5.75 Å². The Morgan fingerprint density at radius 3 is 2.42 bits per heavy atom. The largest absolute Gasteiger partial charge is 0.496 e. The minimum Gasteiger partial charge on any atom is -0.496 e. The van der Waals surface area contributed by atoms with Crippen LogP contribution in [-0.2, 0) is 11.3 Å². The van der Waals surface area contributed by atoms with Crippen LogP contribution in [0.5, 0.6) is 5.75 Å². The van der Waals surface area contributed by atoms with E-state index in [4.69, 9.17) is 4.74 Å². The highest BCUT2D eigenvalue weighted by atomic mass is 32.2. The molecule has 0 radical (unpaired) electrons. The van der Waals surface area contributed by atoms with Gasteiger partial charge in [-0.1, -0.05) is 44.2 Å². The van der Waals surface area contributed by atoms with E-state index in [2.05, 4.69) is 38.1 Å². The van der Waals surface area contributed by atoms with Gasteiger partial charge in [0.1, 0.15) is 5.75 Å². The molecule has 0 atom stereocenters. The molecular formula is C20H25NO2S. The lowest BCUT2D eigenvalue weighted by molar-refractivity contribution is -0.127. The van der Waals surface area contributed by atoms with Crippen LogP contribution in [0.4, 0.5) is 0 Å². The van der Waals surface area contributed by atoms with E-state index in [0.29, 0.717) is 18.2 Å². The van der Waals surface area contributed by atoms with Crippen molar-refractivity contribution in [3.05, 3.63) is 59.7 Å². The number of nitrogens with zero attached hydrogens (tertiary/aromatic N) is 1. The fourth-order valence-electron chi connectivity index (χ4n) is 2.38. The Labute approximate surface area is 149 Å². The van der Waals surface area contributed by atoms with Crippen LogP contribution in [0.15, 0.2) is 53.4 Å². The predicted molar refractivity (Wildman–Crippen MR) is 101 cm³/mol. The number of hydrogen-bond acceptors (Lipinski definition) is 3. The molecule has 0 fully saturated rings. The number of carbonyl (C=O) groups excluding carboxylic acids is 1. The average molecular weight is 343 g/mol. The van der Waals surface area contributed by atoms with Crippen LogP contribution in [0.1, 0.15) is 30.9 Å². The Hall–Kier alpha value is -1.94. The number of ether oxygens (including phenoxy) is 1. The maximum atomic E-state index is 12.4. The van der Waals surface area contributed by atoms with Crippen LogP contribution in [0, 0.1) is 0 Å². The minimum absolute atomic E-state index is 0.110. The number of amides is 1. The van der Waals surface area contributed by atoms with E-state index >= 15 is 0 Å². The normalized spacial score (nSPS) is 10.7. The molecule has 0 saturated carbocycles. The lowest BCUT2D eigenvalue weighted by Gasteiger charge is -2.18. The summed E-state index contributed by atoms with van der Waals surface area (Å²) in [5, 5.41) is 0. The topological polar surface area (TPSA) is 29.5 Å². The smallest absolute Gasteiger partial charge is 0.232 e. The molecule has 3 nitrogen and oxygen atoms in total. The number of hydrogen-bond donors (Lipinski definition) is 0. The highest BCUT2D eigenvalue weighted by Crippen LogP contribution is 2.23. The van der Waals surface area contributed by atoms with Gasteiger partial charge < -0.3 is 9.64 Å². The van der Waals surface area contributed by atoms with Crippen LogP contribution in [0.25, 0.3) is 0 Å². The Bertz CT molecular complexity index is 668. The van der Waals surface area contributed by atoms with Crippen LogP contribution in [0.2, 0.25) is 0 Å². The maximum Gasteiger partial charge on any atom is 0.232 e. The van der Waals surface area contributed by atoms with Crippen molar-refractivity contribution in [1.29, 1.82) is 0 Å². The quantitative estimate of drug-likeness (QED) is 0.690. The summed E-state index contributed by atoms with van der Waals surface area (Å²) in [6, 6.07) is 16.2. The summed E-state index contributed by atoms with van der Waals surface area (Å²) in [5.41, 5.74) is 2.33. The van der Waals surface area contributed by atoms with Gasteiger partial charge in [0, 0.05) is 24.1 Å². The van der Waals surface area contributed by atoms with Gasteiger partial charge in [-0.15, -0.1) is 11.8 Å². The molecule has 0 spiro atoms. The van der Waals surface area contributed by atoms with Gasteiger partial charge in [-0.05, 0) is 29.7 Å². The summed E-state index contributed by atoms with van der Waals surface area (Å²) in [4.78, 5) is 15.2. The van der Waals surface area contributed by atoms with Crippen molar-refractivity contribution in [2.45, 2.75) is 31.2 Å². The van der Waals surface area contributed by atoms with Crippen molar-refractivity contribution < 1.29 is 9.53 Å². The fraction of sp³-hybridized carbons (Fsp3) is 0.350. The molecule has 0 unspecified atom stereocenters. The molecule has 24 heavy (non-hydrogen) atoms. The van der Waals surface area contributed by atoms with Crippen LogP contribution in [0.3, 0.4) is 0 Å². The number of benzene rings is 2. The molecule has 0 aliphatic heterocycles. The standard InChI is InChI=1S/C20H25NO2S/c1-15(2)16-9-11-18(12-10-16)24-14-20(22)21(3)13-17-7-5-6-8-19(17)23-4/h5-12,15H,13-14H2,1-4H3. The minimum atomic E-state index is 0.110. The highest BCUT2D eigenvalue weighted by molar-refractivity contribution is 8.00. The first-order chi connectivity index (χ1) is 11.5. The van der Waals surface area contributed by atoms with Crippen LogP contribution < -0.4 is 4.74 Å². The lowest BCUT2D eigenvalue weighted by Crippen LogP contribution is -2.27. The molecule has 0 N–H and O–H groups in total. The summed E-state index contributed by atoms with van der Waals surface area (Å²) >= 11 is 1.58. The zero-order chi connectivity index (χ0) is 17.5. The molecule has 0 heterocycles. The zero-order valence-electron chi connectivity index (χ0n) is 14.8. The van der Waals surface area contributed by atoms with E-state index in [9.17, 15) is 4.79 Å². The third kappa shape index (κ3) is 5.03. The summed E-state index contributed by atoms with van der Waals surface area (Å²) in [6.07, 6.45) is 0. The average Bonchev–Trinajstić information content (AvgIpc) is 2.60. The zero-order valence-corrected chi connectivity index (χ0v) is 15.6. The summed E-state index contributed by atoms with van der Waals surface area (Å²) < 4.78 is 5.34. The first-order valence-corrected chi connectivity index (χ1v) is 9.08. The molecule has 1 amide bonds. The Morgan fingerprint density at radius 1 is 1.12 bits per heavy atom. The molecule has 0 saturated heterocycles. The molecule has 2 aromatic rings. The van der Waals surface area contributed by atoms with Crippen LogP contribution in [-0.4, -0.2) is 30.7 Å². The SMILES string of the molecule is COc1ccccc1CN(C)C(=O)CSc1ccc(C(C)C)cc1. The van der Waals surface area contributed by atoms with E-state index in [1.807, 2.05) is 31.3 Å². The third-order valence-electron chi connectivity index (χ3n) is 3.93. The summed E-state index contributed by atoms with van der Waals surface area (Å²) in [5.74, 6) is 1.89. The Kier molecular flexibility index (Phi) is 6.73. The van der Waals surface area contributed by atoms with Gasteiger partial charge in [-0.3, -0.25) is 4.79 Å². The number of para-hydroxylation sites is 1. The van der Waals surface area contributed by atoms with E-state index in [-0.39, 0.29) is 5.91 Å². The number of thioether (sulfide) groups is 1. The molecule has 4 heteroatoms. The first-order valence-electron chi connectivity index (χ1n) is 8.10. The van der Waals surface area contributed by atoms with Crippen molar-refractivity contribution in [2.24, 2.45) is 0 Å². The molecule has 0 aliphatic carbocycles. The highest BCUT2D eigenvalue weighted by Gasteiger charge is 2.12. The molecule has 2 rings (SSSR count). The van der Waals surface area contributed by atoms with Gasteiger partial charge in [-0.2, -0.15) is 0 Å². The van der Waals surface area contributed by atoms with Gasteiger partial charge in [-0.25, -0.2) is 0 Å². The van der Waals surface area contributed by atoms with Crippen molar-refractivity contribution in [2.75, 3.05) is 19.9 Å². The van der Waals surface area contributed by atoms with Crippen LogP contribution >= 0.6 is 11.8 Å². The van der Waals surface area contributed by atoms with E-state index < -0.39 is 0 Å². The molecule has 0 aromatic heterocycles. The molecule has 0 bridgehead atoms. The van der Waals surface area contributed by atoms with Gasteiger partial charge in [0.25, 0.3) is 0 Å². The first kappa shape index (κ1) is 18.4. The van der Waals surface area contributed by atoms with Gasteiger partial charge in [0.15, 0.2) is 0 Å². The second-order valence-corrected chi connectivity index (χ2v) is 7.12. The maximum absolute atomic E-state index is 12.4. The summed E-state index contributed by atoms with van der Waals surface area (Å²) in [7, 11) is 3.48. The molecule has 0 aliphatic rings. The van der Waals surface area contributed by atoms with E-state index in [0.717, 1.165) is 16.2 Å². The Morgan fingerprint density at radius 2 is 1.79 bits per heavy atom. The molecular weight excluding hydrogens is 318 g/mol. The van der Waals surface area contributed by atoms with E-state index in [1.54, 1.807) is 23.8 Å². The number of rotatable bonds is 7. The van der Waals surface area contributed by atoms with Crippen molar-refractivity contribution in [3.63, 3.8) is 0 Å². The second kappa shape index (κ2) is 8.78. The van der Waals surface area contributed by atoms with Gasteiger partial charge in [0.05, 0.1) is 12.9 Å². The fourth-order valence-corrected chi connectivity index (χ4v) is 3.22. The molecule has 2 aromatic carbocycles. The van der Waals surface area contributed by atoms with E-state index in [1.165, 1.54) is 5.56 Å². The van der Waals surface area contributed by atoms with Crippen molar-refractivity contribution in [1.82, 2.24) is 4.90 Å². The summed E-state index contributed by atoms with van der Waals surface area (Å²) in [6.45, 7) is 4.91. The Balaban J connectivity index is 1.89. The number of carbonyl (C=O) groups is 1. The molecule has 128 valence electrons. The van der Waals surface area contributed by atoms with Gasteiger partial charge in [0.2, 0.25) is 5.91 Å². The monoisotopic (exact) mass is 343 g/mol. The number of methoxy groups -OCH3 is 1. The second-order valence-electron chi connectivity index (χ2n) is 6.07. The predicted octanol–water partition coefficient (Wildman–Crippen LogP) is 4.57. The van der Waals surface area contributed by atoms with Gasteiger partial charge >= 0.3 is 0 Å². The lowest BCUT2D eigenvalue weighted by atomic mass is 10.0. The van der Waals surface area contributed by atoms with Crippen molar-refractivity contribution >= 4 is 17.7 Å².